The Bertz CT molecular complexity index is 947. The van der Waals surface area contributed by atoms with Gasteiger partial charge in [0.25, 0.3) is 5.91 Å². The van der Waals surface area contributed by atoms with Gasteiger partial charge in [0, 0.05) is 11.1 Å². The van der Waals surface area contributed by atoms with Gasteiger partial charge < -0.3 is 15.8 Å². The quantitative estimate of drug-likeness (QED) is 0.753. The van der Waals surface area contributed by atoms with Crippen molar-refractivity contribution in [2.75, 3.05) is 18.2 Å². The highest BCUT2D eigenvalue weighted by molar-refractivity contribution is 7.21. The lowest BCUT2D eigenvalue weighted by atomic mass is 10.1. The number of aryl methyl sites for hydroxylation is 2. The molecule has 3 N–H and O–H groups in total. The molecule has 0 aliphatic heterocycles. The van der Waals surface area contributed by atoms with Crippen molar-refractivity contribution in [3.63, 3.8) is 0 Å². The van der Waals surface area contributed by atoms with E-state index in [2.05, 4.69) is 10.3 Å². The number of hydrogen-bond acceptors (Lipinski definition) is 5. The molecular weight excluding hydrogens is 322 g/mol. The number of carbonyl (C=O) groups excluding carboxylic acids is 1. The summed E-state index contributed by atoms with van der Waals surface area (Å²) in [4.78, 5) is 18.5. The highest BCUT2D eigenvalue weighted by Gasteiger charge is 2.21. The summed E-state index contributed by atoms with van der Waals surface area (Å²) in [5.41, 5.74) is 10.5. The molecule has 1 amide bonds. The number of fused-ring (bicyclic) bond motifs is 1. The Balaban J connectivity index is 2.05. The van der Waals surface area contributed by atoms with E-state index >= 15 is 0 Å². The van der Waals surface area contributed by atoms with Gasteiger partial charge in [0.15, 0.2) is 0 Å². The van der Waals surface area contributed by atoms with Gasteiger partial charge in [0.05, 0.1) is 18.5 Å². The number of ether oxygens (including phenoxy) is 1. The molecular formula is C18H19N3O2S. The first-order chi connectivity index (χ1) is 11.4. The Hall–Kier alpha value is -2.60. The van der Waals surface area contributed by atoms with Crippen molar-refractivity contribution in [2.24, 2.45) is 0 Å². The maximum absolute atomic E-state index is 12.7. The van der Waals surface area contributed by atoms with E-state index in [0.717, 1.165) is 27.0 Å². The van der Waals surface area contributed by atoms with Crippen molar-refractivity contribution in [1.29, 1.82) is 0 Å². The number of amides is 1. The Labute approximate surface area is 144 Å². The van der Waals surface area contributed by atoms with E-state index in [1.807, 2.05) is 32.9 Å². The highest BCUT2D eigenvalue weighted by Crippen LogP contribution is 2.37. The molecule has 5 nitrogen and oxygen atoms in total. The molecule has 0 spiro atoms. The second-order valence-electron chi connectivity index (χ2n) is 5.63. The van der Waals surface area contributed by atoms with Crippen LogP contribution in [0.15, 0.2) is 24.3 Å². The number of nitrogens with zero attached hydrogens (tertiary/aromatic N) is 1. The SMILES string of the molecule is COc1ccccc1NC(=O)c1sc2nc(C)c(C)c(C)c2c1N. The monoisotopic (exact) mass is 341 g/mol. The number of rotatable bonds is 3. The summed E-state index contributed by atoms with van der Waals surface area (Å²) in [6.45, 7) is 5.99. The van der Waals surface area contributed by atoms with Crippen LogP contribution < -0.4 is 15.8 Å². The van der Waals surface area contributed by atoms with Crippen LogP contribution in [0.25, 0.3) is 10.2 Å². The van der Waals surface area contributed by atoms with Crippen LogP contribution in [0.2, 0.25) is 0 Å². The number of aromatic nitrogens is 1. The van der Waals surface area contributed by atoms with Crippen molar-refractivity contribution >= 4 is 38.8 Å². The fourth-order valence-electron chi connectivity index (χ4n) is 2.66. The maximum Gasteiger partial charge on any atom is 0.268 e. The molecule has 0 saturated carbocycles. The predicted octanol–water partition coefficient (Wildman–Crippen LogP) is 4.06. The molecule has 3 aromatic rings. The van der Waals surface area contributed by atoms with Crippen LogP contribution >= 0.6 is 11.3 Å². The Morgan fingerprint density at radius 2 is 1.92 bits per heavy atom. The van der Waals surface area contributed by atoms with Crippen molar-refractivity contribution < 1.29 is 9.53 Å². The third-order valence-electron chi connectivity index (χ3n) is 4.24. The average Bonchev–Trinajstić information content (AvgIpc) is 2.90. The second-order valence-corrected chi connectivity index (χ2v) is 6.63. The summed E-state index contributed by atoms with van der Waals surface area (Å²) < 4.78 is 5.27. The molecule has 0 radical (unpaired) electrons. The lowest BCUT2D eigenvalue weighted by Crippen LogP contribution is -2.12. The van der Waals surface area contributed by atoms with E-state index in [-0.39, 0.29) is 5.91 Å². The van der Waals surface area contributed by atoms with Crippen LogP contribution in [0, 0.1) is 20.8 Å². The summed E-state index contributed by atoms with van der Waals surface area (Å²) in [5, 5.41) is 3.74. The van der Waals surface area contributed by atoms with Crippen LogP contribution in [0.3, 0.4) is 0 Å². The normalized spacial score (nSPS) is 10.8. The molecule has 2 heterocycles. The minimum absolute atomic E-state index is 0.255. The molecule has 124 valence electrons. The Kier molecular flexibility index (Phi) is 4.15. The molecule has 0 fully saturated rings. The number of benzene rings is 1. The van der Waals surface area contributed by atoms with Gasteiger partial charge in [-0.3, -0.25) is 4.79 Å². The van der Waals surface area contributed by atoms with E-state index in [9.17, 15) is 4.79 Å². The van der Waals surface area contributed by atoms with Crippen LogP contribution in [-0.4, -0.2) is 18.0 Å². The molecule has 0 saturated heterocycles. The zero-order chi connectivity index (χ0) is 17.4. The number of anilines is 2. The van der Waals surface area contributed by atoms with Crippen LogP contribution in [-0.2, 0) is 0 Å². The average molecular weight is 341 g/mol. The standard InChI is InChI=1S/C18H19N3O2S/c1-9-10(2)14-15(19)16(24-18(14)20-11(9)3)17(22)21-12-7-5-6-8-13(12)23-4/h5-8H,19H2,1-4H3,(H,21,22). The molecule has 3 rings (SSSR count). The first-order valence-electron chi connectivity index (χ1n) is 7.54. The first kappa shape index (κ1) is 16.3. The third-order valence-corrected chi connectivity index (χ3v) is 5.34. The second kappa shape index (κ2) is 6.13. The van der Waals surface area contributed by atoms with Crippen molar-refractivity contribution in [3.8, 4) is 5.75 Å². The van der Waals surface area contributed by atoms with E-state index in [4.69, 9.17) is 10.5 Å². The van der Waals surface area contributed by atoms with Crippen LogP contribution in [0.4, 0.5) is 11.4 Å². The lowest BCUT2D eigenvalue weighted by Gasteiger charge is -2.09. The van der Waals surface area contributed by atoms with Crippen LogP contribution in [0.5, 0.6) is 5.75 Å². The fourth-order valence-corrected chi connectivity index (χ4v) is 3.76. The molecule has 0 bridgehead atoms. The van der Waals surface area contributed by atoms with Gasteiger partial charge in [-0.25, -0.2) is 4.98 Å². The van der Waals surface area contributed by atoms with Gasteiger partial charge in [-0.2, -0.15) is 0 Å². The van der Waals surface area contributed by atoms with E-state index < -0.39 is 0 Å². The van der Waals surface area contributed by atoms with Gasteiger partial charge >= 0.3 is 0 Å². The number of nitrogen functional groups attached to an aromatic ring is 1. The zero-order valence-electron chi connectivity index (χ0n) is 14.1. The van der Waals surface area contributed by atoms with E-state index in [1.165, 1.54) is 11.3 Å². The molecule has 6 heteroatoms. The molecule has 1 aromatic carbocycles. The summed E-state index contributed by atoms with van der Waals surface area (Å²) in [7, 11) is 1.57. The zero-order valence-corrected chi connectivity index (χ0v) is 14.9. The fraction of sp³-hybridized carbons (Fsp3) is 0.222. The molecule has 0 aliphatic carbocycles. The number of methoxy groups -OCH3 is 1. The Morgan fingerprint density at radius 3 is 2.62 bits per heavy atom. The maximum atomic E-state index is 12.7. The number of hydrogen-bond donors (Lipinski definition) is 2. The van der Waals surface area contributed by atoms with E-state index in [0.29, 0.717) is 22.0 Å². The topological polar surface area (TPSA) is 77.2 Å². The number of pyridine rings is 1. The van der Waals surface area contributed by atoms with Gasteiger partial charge in [-0.15, -0.1) is 11.3 Å². The molecule has 0 unspecified atom stereocenters. The molecule has 0 atom stereocenters. The summed E-state index contributed by atoms with van der Waals surface area (Å²) in [6.07, 6.45) is 0. The lowest BCUT2D eigenvalue weighted by molar-refractivity contribution is 0.103. The highest BCUT2D eigenvalue weighted by atomic mass is 32.1. The minimum atomic E-state index is -0.255. The van der Waals surface area contributed by atoms with Crippen LogP contribution in [0.1, 0.15) is 26.5 Å². The van der Waals surface area contributed by atoms with Crippen molar-refractivity contribution in [2.45, 2.75) is 20.8 Å². The minimum Gasteiger partial charge on any atom is -0.495 e. The van der Waals surface area contributed by atoms with Gasteiger partial charge in [-0.1, -0.05) is 12.1 Å². The number of thiophene rings is 1. The molecule has 0 aliphatic rings. The van der Waals surface area contributed by atoms with Gasteiger partial charge in [0.1, 0.15) is 15.5 Å². The van der Waals surface area contributed by atoms with Crippen molar-refractivity contribution in [1.82, 2.24) is 4.98 Å². The number of para-hydroxylation sites is 2. The third kappa shape index (κ3) is 2.59. The number of nitrogens with two attached hydrogens (primary N) is 1. The van der Waals surface area contributed by atoms with Gasteiger partial charge in [-0.05, 0) is 44.0 Å². The summed E-state index contributed by atoms with van der Waals surface area (Å²) >= 11 is 1.31. The predicted molar refractivity (Wildman–Crippen MR) is 99.2 cm³/mol. The number of nitrogens with one attached hydrogen (secondary N) is 1. The number of carbonyl (C=O) groups is 1. The largest absolute Gasteiger partial charge is 0.495 e. The smallest absolute Gasteiger partial charge is 0.268 e. The first-order valence-corrected chi connectivity index (χ1v) is 8.35. The molecule has 2 aromatic heterocycles. The van der Waals surface area contributed by atoms with Crippen molar-refractivity contribution in [3.05, 3.63) is 46.0 Å². The van der Waals surface area contributed by atoms with Gasteiger partial charge in [0.2, 0.25) is 0 Å². The van der Waals surface area contributed by atoms with E-state index in [1.54, 1.807) is 19.2 Å². The summed E-state index contributed by atoms with van der Waals surface area (Å²) in [5.74, 6) is 0.348. The Morgan fingerprint density at radius 1 is 1.21 bits per heavy atom. The summed E-state index contributed by atoms with van der Waals surface area (Å²) in [6, 6.07) is 7.27. The molecule has 24 heavy (non-hydrogen) atoms.